The molecule has 1 aliphatic rings. The van der Waals surface area contributed by atoms with Gasteiger partial charge in [0.05, 0.1) is 25.9 Å². The SMILES string of the molecule is COC(C(=O)N1C(=O)OCC1Cc1ccccc1)C(OC(C)=O)C(=O)C=CC(=O)CCCOCC(CO)OCc1ccccc1. The Kier molecular flexibility index (Phi) is 14.5. The summed E-state index contributed by atoms with van der Waals surface area (Å²) in [6.07, 6.45) is -2.21. The van der Waals surface area contributed by atoms with E-state index in [0.717, 1.165) is 42.2 Å². The number of benzene rings is 2. The number of esters is 1. The number of imide groups is 1. The molecule has 1 aliphatic heterocycles. The molecule has 0 saturated carbocycles. The lowest BCUT2D eigenvalue weighted by molar-refractivity contribution is -0.166. The molecule has 0 spiro atoms. The number of hydrogen-bond acceptors (Lipinski definition) is 11. The molecule has 3 rings (SSSR count). The predicted octanol–water partition coefficient (Wildman–Crippen LogP) is 2.59. The molecular formula is C33H39NO11. The third kappa shape index (κ3) is 11.3. The fourth-order valence-corrected chi connectivity index (χ4v) is 4.56. The Labute approximate surface area is 261 Å². The largest absolute Gasteiger partial charge is 0.451 e. The fraction of sp³-hybridized carbons (Fsp3) is 0.424. The average Bonchev–Trinajstić information content (AvgIpc) is 3.40. The van der Waals surface area contributed by atoms with Crippen molar-refractivity contribution in [1.29, 1.82) is 0 Å². The first-order valence-corrected chi connectivity index (χ1v) is 14.6. The lowest BCUT2D eigenvalue weighted by atomic mass is 10.0. The molecule has 4 unspecified atom stereocenters. The number of carbonyl (C=O) groups excluding carboxylic acids is 5. The van der Waals surface area contributed by atoms with E-state index in [9.17, 15) is 29.1 Å². The minimum Gasteiger partial charge on any atom is -0.451 e. The molecular weight excluding hydrogens is 586 g/mol. The highest BCUT2D eigenvalue weighted by molar-refractivity contribution is 6.05. The number of aliphatic hydroxyl groups excluding tert-OH is 1. The third-order valence-corrected chi connectivity index (χ3v) is 6.84. The van der Waals surface area contributed by atoms with Crippen LogP contribution in [0, 0.1) is 0 Å². The highest BCUT2D eigenvalue weighted by Crippen LogP contribution is 2.21. The van der Waals surface area contributed by atoms with Crippen LogP contribution in [0.4, 0.5) is 4.79 Å². The van der Waals surface area contributed by atoms with Crippen molar-refractivity contribution in [2.24, 2.45) is 0 Å². The Bertz CT molecular complexity index is 1300. The van der Waals surface area contributed by atoms with E-state index < -0.39 is 53.9 Å². The van der Waals surface area contributed by atoms with E-state index in [1.54, 1.807) is 0 Å². The summed E-state index contributed by atoms with van der Waals surface area (Å²) < 4.78 is 26.7. The van der Waals surface area contributed by atoms with Gasteiger partial charge in [-0.2, -0.15) is 0 Å². The van der Waals surface area contributed by atoms with Gasteiger partial charge in [0.25, 0.3) is 5.91 Å². The number of rotatable bonds is 19. The molecule has 0 bridgehead atoms. The average molecular weight is 626 g/mol. The van der Waals surface area contributed by atoms with Crippen LogP contribution in [0.5, 0.6) is 0 Å². The van der Waals surface area contributed by atoms with Gasteiger partial charge in [0.2, 0.25) is 0 Å². The smallest absolute Gasteiger partial charge is 0.417 e. The molecule has 1 saturated heterocycles. The minimum atomic E-state index is -1.75. The molecule has 0 radical (unpaired) electrons. The predicted molar refractivity (Wildman–Crippen MR) is 160 cm³/mol. The van der Waals surface area contributed by atoms with E-state index in [2.05, 4.69) is 0 Å². The molecule has 2 aromatic rings. The Hall–Kier alpha value is -4.23. The molecule has 45 heavy (non-hydrogen) atoms. The maximum atomic E-state index is 13.5. The van der Waals surface area contributed by atoms with Crippen molar-refractivity contribution in [2.75, 3.05) is 33.5 Å². The van der Waals surface area contributed by atoms with Crippen molar-refractivity contribution in [1.82, 2.24) is 4.90 Å². The number of aliphatic hydroxyl groups is 1. The van der Waals surface area contributed by atoms with E-state index in [4.69, 9.17) is 23.7 Å². The van der Waals surface area contributed by atoms with Crippen LogP contribution in [0.1, 0.15) is 30.9 Å². The van der Waals surface area contributed by atoms with Crippen LogP contribution in [0.25, 0.3) is 0 Å². The number of allylic oxidation sites excluding steroid dienone is 1. The quantitative estimate of drug-likeness (QED) is 0.139. The highest BCUT2D eigenvalue weighted by atomic mass is 16.6. The van der Waals surface area contributed by atoms with E-state index in [1.165, 1.54) is 0 Å². The van der Waals surface area contributed by atoms with Gasteiger partial charge in [0.1, 0.15) is 12.7 Å². The molecule has 4 atom stereocenters. The lowest BCUT2D eigenvalue weighted by Gasteiger charge is -2.27. The first-order valence-electron chi connectivity index (χ1n) is 14.6. The molecule has 12 heteroatoms. The first-order chi connectivity index (χ1) is 21.7. The van der Waals surface area contributed by atoms with Crippen molar-refractivity contribution in [3.8, 4) is 0 Å². The van der Waals surface area contributed by atoms with Crippen molar-refractivity contribution in [3.05, 3.63) is 83.9 Å². The minimum absolute atomic E-state index is 0.0457. The van der Waals surface area contributed by atoms with Crippen molar-refractivity contribution in [3.63, 3.8) is 0 Å². The molecule has 2 amide bonds. The van der Waals surface area contributed by atoms with Crippen LogP contribution in [0.2, 0.25) is 0 Å². The van der Waals surface area contributed by atoms with Crippen LogP contribution in [0.15, 0.2) is 72.8 Å². The second-order valence-electron chi connectivity index (χ2n) is 10.3. The van der Waals surface area contributed by atoms with Crippen molar-refractivity contribution in [2.45, 2.75) is 57.1 Å². The topological polar surface area (TPSA) is 155 Å². The maximum Gasteiger partial charge on any atom is 0.417 e. The van der Waals surface area contributed by atoms with Crippen LogP contribution in [-0.2, 0) is 55.9 Å². The fourth-order valence-electron chi connectivity index (χ4n) is 4.56. The Morgan fingerprint density at radius 1 is 1.00 bits per heavy atom. The van der Waals surface area contributed by atoms with Crippen LogP contribution in [-0.4, -0.2) is 97.4 Å². The lowest BCUT2D eigenvalue weighted by Crippen LogP contribution is -2.53. The summed E-state index contributed by atoms with van der Waals surface area (Å²) in [4.78, 5) is 64.2. The van der Waals surface area contributed by atoms with Gasteiger partial charge in [0, 0.05) is 27.1 Å². The van der Waals surface area contributed by atoms with Gasteiger partial charge in [-0.25, -0.2) is 9.69 Å². The highest BCUT2D eigenvalue weighted by Gasteiger charge is 2.46. The van der Waals surface area contributed by atoms with Gasteiger partial charge in [-0.15, -0.1) is 0 Å². The van der Waals surface area contributed by atoms with Gasteiger partial charge in [-0.05, 0) is 36.1 Å². The number of methoxy groups -OCH3 is 1. The maximum absolute atomic E-state index is 13.5. The second-order valence-corrected chi connectivity index (χ2v) is 10.3. The normalized spacial score (nSPS) is 16.6. The monoisotopic (exact) mass is 625 g/mol. The van der Waals surface area contributed by atoms with Crippen LogP contribution in [0.3, 0.4) is 0 Å². The summed E-state index contributed by atoms with van der Waals surface area (Å²) in [5, 5.41) is 9.52. The van der Waals surface area contributed by atoms with Crippen molar-refractivity contribution >= 4 is 29.5 Å². The molecule has 0 aliphatic carbocycles. The number of amides is 2. The molecule has 12 nitrogen and oxygen atoms in total. The van der Waals surface area contributed by atoms with Crippen LogP contribution >= 0.6 is 0 Å². The summed E-state index contributed by atoms with van der Waals surface area (Å²) in [6.45, 7) is 1.46. The summed E-state index contributed by atoms with van der Waals surface area (Å²) >= 11 is 0. The number of carbonyl (C=O) groups is 5. The van der Waals surface area contributed by atoms with Crippen LogP contribution < -0.4 is 0 Å². The third-order valence-electron chi connectivity index (χ3n) is 6.84. The zero-order valence-corrected chi connectivity index (χ0v) is 25.4. The van der Waals surface area contributed by atoms with Gasteiger partial charge < -0.3 is 28.8 Å². The van der Waals surface area contributed by atoms with E-state index >= 15 is 0 Å². The summed E-state index contributed by atoms with van der Waals surface area (Å²) in [7, 11) is 1.14. The standard InChI is InChI=1S/C33H39NO11/c1-23(36)45-30(31(41-2)32(39)34-26(21-44-33(34)40)18-24-10-5-3-6-11-24)29(38)16-15-27(37)14-9-17-42-22-28(19-35)43-20-25-12-7-4-8-13-25/h3-8,10-13,15-16,26,28,30-31,35H,9,14,17-22H2,1-2H3. The number of ketones is 2. The number of cyclic esters (lactones) is 1. The van der Waals surface area contributed by atoms with E-state index in [0.29, 0.717) is 19.4 Å². The van der Waals surface area contributed by atoms with Gasteiger partial charge in [0.15, 0.2) is 23.8 Å². The second kappa shape index (κ2) is 18.5. The molecule has 1 fully saturated rings. The first kappa shape index (κ1) is 35.3. The molecule has 2 aromatic carbocycles. The Morgan fingerprint density at radius 2 is 1.67 bits per heavy atom. The van der Waals surface area contributed by atoms with E-state index in [1.807, 2.05) is 60.7 Å². The summed E-state index contributed by atoms with van der Waals surface area (Å²) in [5.41, 5.74) is 1.82. The van der Waals surface area contributed by atoms with Gasteiger partial charge in [-0.3, -0.25) is 19.2 Å². The Balaban J connectivity index is 1.52. The number of nitrogens with zero attached hydrogens (tertiary/aromatic N) is 1. The molecule has 1 heterocycles. The van der Waals surface area contributed by atoms with E-state index in [-0.39, 0.29) is 32.8 Å². The number of hydrogen-bond donors (Lipinski definition) is 1. The molecule has 242 valence electrons. The Morgan fingerprint density at radius 3 is 2.29 bits per heavy atom. The molecule has 1 N–H and O–H groups in total. The zero-order valence-electron chi connectivity index (χ0n) is 25.4. The number of ether oxygens (including phenoxy) is 5. The van der Waals surface area contributed by atoms with Gasteiger partial charge in [-0.1, -0.05) is 60.7 Å². The summed E-state index contributed by atoms with van der Waals surface area (Å²) in [6, 6.07) is 18.0. The molecule has 0 aromatic heterocycles. The van der Waals surface area contributed by atoms with Crippen molar-refractivity contribution < 1.29 is 52.8 Å². The zero-order chi connectivity index (χ0) is 32.6. The summed E-state index contributed by atoms with van der Waals surface area (Å²) in [5.74, 6) is -3.05. The van der Waals surface area contributed by atoms with Gasteiger partial charge >= 0.3 is 12.1 Å².